The van der Waals surface area contributed by atoms with Gasteiger partial charge in [0.15, 0.2) is 0 Å². The molecule has 0 bridgehead atoms. The van der Waals surface area contributed by atoms with Crippen molar-refractivity contribution < 1.29 is 0 Å². The Hall–Kier alpha value is -0.610. The molecule has 1 aliphatic carbocycles. The Labute approximate surface area is 63.2 Å². The van der Waals surface area contributed by atoms with Crippen LogP contribution in [0.25, 0.3) is 6.08 Å². The lowest BCUT2D eigenvalue weighted by Crippen LogP contribution is -1.92. The number of hydrogen-bond acceptors (Lipinski definition) is 0. The molecule has 0 radical (unpaired) electrons. The van der Waals surface area contributed by atoms with Crippen LogP contribution in [-0.2, 0) is 6.42 Å². The molecule has 1 unspecified atom stereocenters. The molecule has 0 heterocycles. The van der Waals surface area contributed by atoms with Crippen LogP contribution >= 0.6 is 9.24 Å². The Bertz CT molecular complexity index is 287. The Morgan fingerprint density at radius 1 is 1.30 bits per heavy atom. The fourth-order valence-corrected chi connectivity index (χ4v) is 1.58. The Balaban J connectivity index is 2.59. The Morgan fingerprint density at radius 3 is 3.10 bits per heavy atom. The molecular formula is C9H9P. The molecule has 0 fully saturated rings. The normalized spacial score (nSPS) is 13.7. The van der Waals surface area contributed by atoms with Crippen LogP contribution in [0.3, 0.4) is 0 Å². The number of allylic oxidation sites excluding steroid dienone is 1. The zero-order valence-electron chi connectivity index (χ0n) is 5.67. The summed E-state index contributed by atoms with van der Waals surface area (Å²) in [5.41, 5.74) is 2.83. The molecule has 1 aliphatic rings. The zero-order chi connectivity index (χ0) is 6.97. The summed E-state index contributed by atoms with van der Waals surface area (Å²) >= 11 is 0. The highest BCUT2D eigenvalue weighted by Gasteiger charge is 2.02. The maximum Gasteiger partial charge on any atom is -0.00879 e. The second-order valence-corrected chi connectivity index (χ2v) is 3.23. The summed E-state index contributed by atoms with van der Waals surface area (Å²) in [4.78, 5) is 0. The summed E-state index contributed by atoms with van der Waals surface area (Å²) in [5.74, 6) is 0. The first-order valence-corrected chi connectivity index (χ1v) is 3.99. The average Bonchev–Trinajstić information content (AvgIpc) is 2.33. The number of rotatable bonds is 0. The van der Waals surface area contributed by atoms with Gasteiger partial charge in [-0.25, -0.2) is 0 Å². The molecule has 0 aromatic heterocycles. The highest BCUT2D eigenvalue weighted by atomic mass is 31.0. The molecule has 0 amide bonds. The van der Waals surface area contributed by atoms with Gasteiger partial charge in [-0.1, -0.05) is 30.4 Å². The van der Waals surface area contributed by atoms with Gasteiger partial charge in [0, 0.05) is 0 Å². The van der Waals surface area contributed by atoms with E-state index in [1.807, 2.05) is 0 Å². The Morgan fingerprint density at radius 2 is 2.20 bits per heavy atom. The first-order chi connectivity index (χ1) is 4.86. The van der Waals surface area contributed by atoms with E-state index in [4.69, 9.17) is 0 Å². The van der Waals surface area contributed by atoms with Crippen LogP contribution in [0.2, 0.25) is 0 Å². The predicted molar refractivity (Wildman–Crippen MR) is 48.5 cm³/mol. The largest absolute Gasteiger partial charge is 0.106 e. The summed E-state index contributed by atoms with van der Waals surface area (Å²) in [6, 6.07) is 6.51. The summed E-state index contributed by atoms with van der Waals surface area (Å²) in [6.45, 7) is 0. The first kappa shape index (κ1) is 6.12. The summed E-state index contributed by atoms with van der Waals surface area (Å²) < 4.78 is 0. The third-order valence-corrected chi connectivity index (χ3v) is 2.16. The number of benzene rings is 1. The van der Waals surface area contributed by atoms with Crippen molar-refractivity contribution >= 4 is 20.6 Å². The van der Waals surface area contributed by atoms with Crippen molar-refractivity contribution in [2.24, 2.45) is 0 Å². The van der Waals surface area contributed by atoms with Gasteiger partial charge in [-0.2, -0.15) is 0 Å². The highest BCUT2D eigenvalue weighted by Crippen LogP contribution is 2.17. The maximum absolute atomic E-state index is 2.72. The van der Waals surface area contributed by atoms with E-state index in [2.05, 4.69) is 39.6 Å². The first-order valence-electron chi connectivity index (χ1n) is 3.41. The second-order valence-electron chi connectivity index (χ2n) is 2.56. The summed E-state index contributed by atoms with van der Waals surface area (Å²) in [7, 11) is 2.72. The minimum atomic E-state index is 1.11. The van der Waals surface area contributed by atoms with Crippen LogP contribution in [0.1, 0.15) is 11.1 Å². The fraction of sp³-hybridized carbons (Fsp3) is 0.111. The minimum Gasteiger partial charge on any atom is -0.106 e. The molecule has 1 atom stereocenters. The third kappa shape index (κ3) is 0.892. The van der Waals surface area contributed by atoms with Gasteiger partial charge < -0.3 is 0 Å². The van der Waals surface area contributed by atoms with Crippen LogP contribution < -0.4 is 5.30 Å². The van der Waals surface area contributed by atoms with Crippen molar-refractivity contribution in [2.75, 3.05) is 0 Å². The van der Waals surface area contributed by atoms with Gasteiger partial charge >= 0.3 is 0 Å². The van der Waals surface area contributed by atoms with E-state index in [1.54, 1.807) is 0 Å². The molecule has 10 heavy (non-hydrogen) atoms. The van der Waals surface area contributed by atoms with Crippen LogP contribution in [0.4, 0.5) is 0 Å². The van der Waals surface area contributed by atoms with Gasteiger partial charge in [0.2, 0.25) is 0 Å². The molecule has 0 aliphatic heterocycles. The second kappa shape index (κ2) is 2.21. The van der Waals surface area contributed by atoms with E-state index in [1.165, 1.54) is 16.4 Å². The van der Waals surface area contributed by atoms with Gasteiger partial charge in [0.25, 0.3) is 0 Å². The van der Waals surface area contributed by atoms with Crippen molar-refractivity contribution in [2.45, 2.75) is 6.42 Å². The molecule has 1 aromatic carbocycles. The van der Waals surface area contributed by atoms with Crippen molar-refractivity contribution in [3.05, 3.63) is 35.4 Å². The molecule has 50 valence electrons. The number of fused-ring (bicyclic) bond motifs is 1. The highest BCUT2D eigenvalue weighted by molar-refractivity contribution is 7.27. The molecule has 0 nitrogen and oxygen atoms in total. The zero-order valence-corrected chi connectivity index (χ0v) is 6.83. The SMILES string of the molecule is Pc1ccc2c(c1)CC=C2. The van der Waals surface area contributed by atoms with Crippen LogP contribution in [0.15, 0.2) is 24.3 Å². The average molecular weight is 148 g/mol. The molecule has 0 saturated heterocycles. The molecule has 0 N–H and O–H groups in total. The number of hydrogen-bond donors (Lipinski definition) is 0. The van der Waals surface area contributed by atoms with Gasteiger partial charge in [0.1, 0.15) is 0 Å². The van der Waals surface area contributed by atoms with E-state index in [0.29, 0.717) is 0 Å². The van der Waals surface area contributed by atoms with Crippen molar-refractivity contribution in [3.8, 4) is 0 Å². The van der Waals surface area contributed by atoms with Crippen molar-refractivity contribution in [1.29, 1.82) is 0 Å². The standard InChI is InChI=1S/C9H9P/c10-9-5-4-7-2-1-3-8(7)6-9/h1-2,4-6H,3,10H2. The van der Waals surface area contributed by atoms with Crippen LogP contribution in [0.5, 0.6) is 0 Å². The summed E-state index contributed by atoms with van der Waals surface area (Å²) in [6.07, 6.45) is 5.49. The monoisotopic (exact) mass is 148 g/mol. The minimum absolute atomic E-state index is 1.11. The third-order valence-electron chi connectivity index (χ3n) is 1.80. The van der Waals surface area contributed by atoms with E-state index in [9.17, 15) is 0 Å². The van der Waals surface area contributed by atoms with Crippen molar-refractivity contribution in [1.82, 2.24) is 0 Å². The van der Waals surface area contributed by atoms with Crippen LogP contribution in [-0.4, -0.2) is 0 Å². The molecule has 0 spiro atoms. The van der Waals surface area contributed by atoms with E-state index in [0.717, 1.165) is 6.42 Å². The Kier molecular flexibility index (Phi) is 1.35. The van der Waals surface area contributed by atoms with E-state index in [-0.39, 0.29) is 0 Å². The molecule has 2 rings (SSSR count). The van der Waals surface area contributed by atoms with E-state index >= 15 is 0 Å². The lowest BCUT2D eigenvalue weighted by Gasteiger charge is -1.97. The van der Waals surface area contributed by atoms with Gasteiger partial charge in [0.05, 0.1) is 0 Å². The van der Waals surface area contributed by atoms with Gasteiger partial charge in [-0.3, -0.25) is 0 Å². The van der Waals surface area contributed by atoms with Crippen LogP contribution in [0, 0.1) is 0 Å². The van der Waals surface area contributed by atoms with Gasteiger partial charge in [-0.05, 0) is 22.9 Å². The smallest absolute Gasteiger partial charge is 0.00879 e. The molecular weight excluding hydrogens is 139 g/mol. The van der Waals surface area contributed by atoms with Crippen molar-refractivity contribution in [3.63, 3.8) is 0 Å². The summed E-state index contributed by atoms with van der Waals surface area (Å²) in [5, 5.41) is 1.28. The quantitative estimate of drug-likeness (QED) is 0.492. The lowest BCUT2D eigenvalue weighted by atomic mass is 10.1. The lowest BCUT2D eigenvalue weighted by molar-refractivity contribution is 1.32. The molecule has 0 saturated carbocycles. The fourth-order valence-electron chi connectivity index (χ4n) is 1.28. The molecule has 1 heteroatoms. The maximum atomic E-state index is 2.72. The van der Waals surface area contributed by atoms with E-state index < -0.39 is 0 Å². The topological polar surface area (TPSA) is 0 Å². The predicted octanol–water partition coefficient (Wildman–Crippen LogP) is 1.76. The molecule has 1 aromatic rings. The van der Waals surface area contributed by atoms with Gasteiger partial charge in [-0.15, -0.1) is 9.24 Å².